The van der Waals surface area contributed by atoms with E-state index in [-0.39, 0.29) is 6.10 Å². The fourth-order valence-electron chi connectivity index (χ4n) is 1.31. The molecule has 0 saturated heterocycles. The van der Waals surface area contributed by atoms with Gasteiger partial charge in [-0.1, -0.05) is 6.07 Å². The lowest BCUT2D eigenvalue weighted by Crippen LogP contribution is -2.26. The summed E-state index contributed by atoms with van der Waals surface area (Å²) in [4.78, 5) is 1.92. The van der Waals surface area contributed by atoms with Gasteiger partial charge in [0, 0.05) is 19.3 Å². The predicted octanol–water partition coefficient (Wildman–Crippen LogP) is 1.38. The number of benzene rings is 1. The van der Waals surface area contributed by atoms with Crippen LogP contribution < -0.4 is 4.90 Å². The van der Waals surface area contributed by atoms with Crippen molar-refractivity contribution < 1.29 is 5.11 Å². The molecule has 1 aromatic carbocycles. The minimum Gasteiger partial charge on any atom is -0.392 e. The molecule has 3 heteroatoms. The second kappa shape index (κ2) is 4.64. The van der Waals surface area contributed by atoms with Crippen LogP contribution in [-0.4, -0.2) is 24.8 Å². The molecule has 14 heavy (non-hydrogen) atoms. The number of likely N-dealkylation sites (N-methyl/N-ethyl adjacent to an activating group) is 1. The van der Waals surface area contributed by atoms with Gasteiger partial charge in [-0.3, -0.25) is 0 Å². The molecular formula is C11H14N2O. The number of nitrogens with zero attached hydrogens (tertiary/aromatic N) is 2. The van der Waals surface area contributed by atoms with E-state index in [0.29, 0.717) is 12.1 Å². The lowest BCUT2D eigenvalue weighted by atomic mass is 10.2. The third-order valence-electron chi connectivity index (χ3n) is 1.95. The van der Waals surface area contributed by atoms with Crippen LogP contribution in [0.3, 0.4) is 0 Å². The Kier molecular flexibility index (Phi) is 3.49. The van der Waals surface area contributed by atoms with Gasteiger partial charge in [0.05, 0.1) is 17.7 Å². The second-order valence-corrected chi connectivity index (χ2v) is 3.39. The van der Waals surface area contributed by atoms with E-state index in [1.165, 1.54) is 0 Å². The maximum atomic E-state index is 9.20. The van der Waals surface area contributed by atoms with Crippen molar-refractivity contribution >= 4 is 5.69 Å². The molecule has 3 nitrogen and oxygen atoms in total. The molecule has 1 aromatic rings. The topological polar surface area (TPSA) is 47.3 Å². The van der Waals surface area contributed by atoms with Crippen molar-refractivity contribution in [2.45, 2.75) is 13.0 Å². The fourth-order valence-corrected chi connectivity index (χ4v) is 1.31. The van der Waals surface area contributed by atoms with Crippen LogP contribution in [0.1, 0.15) is 12.5 Å². The van der Waals surface area contributed by atoms with Crippen molar-refractivity contribution in [1.82, 2.24) is 0 Å². The summed E-state index contributed by atoms with van der Waals surface area (Å²) in [5, 5.41) is 17.9. The summed E-state index contributed by atoms with van der Waals surface area (Å²) in [5.41, 5.74) is 1.59. The summed E-state index contributed by atoms with van der Waals surface area (Å²) in [7, 11) is 1.89. The van der Waals surface area contributed by atoms with Crippen LogP contribution in [0.4, 0.5) is 5.69 Å². The number of rotatable bonds is 3. The standard InChI is InChI=1S/C11H14N2O/c1-9(14)8-13(2)11-5-3-4-10(6-11)7-12/h3-6,9,14H,8H2,1-2H3/t9-/m1/s1. The van der Waals surface area contributed by atoms with E-state index in [2.05, 4.69) is 6.07 Å². The van der Waals surface area contributed by atoms with E-state index in [4.69, 9.17) is 5.26 Å². The average Bonchev–Trinajstić information content (AvgIpc) is 2.17. The fraction of sp³-hybridized carbons (Fsp3) is 0.364. The quantitative estimate of drug-likeness (QED) is 0.783. The molecule has 0 aliphatic heterocycles. The molecule has 0 unspecified atom stereocenters. The Morgan fingerprint density at radius 2 is 2.29 bits per heavy atom. The zero-order chi connectivity index (χ0) is 10.6. The lowest BCUT2D eigenvalue weighted by Gasteiger charge is -2.20. The van der Waals surface area contributed by atoms with Crippen molar-refractivity contribution in [2.24, 2.45) is 0 Å². The van der Waals surface area contributed by atoms with E-state index in [9.17, 15) is 5.11 Å². The molecule has 0 aromatic heterocycles. The van der Waals surface area contributed by atoms with E-state index in [0.717, 1.165) is 5.69 Å². The summed E-state index contributed by atoms with van der Waals surface area (Å²) < 4.78 is 0. The maximum absolute atomic E-state index is 9.20. The number of aliphatic hydroxyl groups is 1. The second-order valence-electron chi connectivity index (χ2n) is 3.39. The predicted molar refractivity (Wildman–Crippen MR) is 56.1 cm³/mol. The molecular weight excluding hydrogens is 176 g/mol. The largest absolute Gasteiger partial charge is 0.392 e. The Morgan fingerprint density at radius 1 is 1.57 bits per heavy atom. The third-order valence-corrected chi connectivity index (χ3v) is 1.95. The smallest absolute Gasteiger partial charge is 0.0992 e. The van der Waals surface area contributed by atoms with Crippen LogP contribution in [0.25, 0.3) is 0 Å². The Morgan fingerprint density at radius 3 is 2.86 bits per heavy atom. The Labute approximate surface area is 84.2 Å². The molecule has 0 amide bonds. The number of hydrogen-bond donors (Lipinski definition) is 1. The molecule has 0 heterocycles. The van der Waals surface area contributed by atoms with Crippen molar-refractivity contribution in [2.75, 3.05) is 18.5 Å². The highest BCUT2D eigenvalue weighted by atomic mass is 16.3. The number of hydrogen-bond acceptors (Lipinski definition) is 3. The Bertz CT molecular complexity index is 341. The Balaban J connectivity index is 2.80. The highest BCUT2D eigenvalue weighted by molar-refractivity contribution is 5.50. The molecule has 1 N–H and O–H groups in total. The average molecular weight is 190 g/mol. The number of anilines is 1. The molecule has 0 saturated carbocycles. The summed E-state index contributed by atoms with van der Waals surface area (Å²) in [6, 6.07) is 9.42. The van der Waals surface area contributed by atoms with Crippen LogP contribution in [0.15, 0.2) is 24.3 Å². The summed E-state index contributed by atoms with van der Waals surface area (Å²) in [6.45, 7) is 2.31. The van der Waals surface area contributed by atoms with Gasteiger partial charge in [-0.25, -0.2) is 0 Å². The monoisotopic (exact) mass is 190 g/mol. The molecule has 1 atom stereocenters. The normalized spacial score (nSPS) is 11.9. The first-order valence-electron chi connectivity index (χ1n) is 4.53. The minimum atomic E-state index is -0.370. The summed E-state index contributed by atoms with van der Waals surface area (Å²) >= 11 is 0. The first-order valence-corrected chi connectivity index (χ1v) is 4.53. The van der Waals surface area contributed by atoms with Crippen LogP contribution in [0.2, 0.25) is 0 Å². The molecule has 0 spiro atoms. The van der Waals surface area contributed by atoms with Gasteiger partial charge in [0.2, 0.25) is 0 Å². The van der Waals surface area contributed by atoms with Gasteiger partial charge in [0.15, 0.2) is 0 Å². The zero-order valence-corrected chi connectivity index (χ0v) is 8.44. The lowest BCUT2D eigenvalue weighted by molar-refractivity contribution is 0.201. The van der Waals surface area contributed by atoms with Crippen LogP contribution in [0, 0.1) is 11.3 Å². The van der Waals surface area contributed by atoms with Crippen molar-refractivity contribution in [1.29, 1.82) is 5.26 Å². The zero-order valence-electron chi connectivity index (χ0n) is 8.44. The van der Waals surface area contributed by atoms with Crippen LogP contribution in [0.5, 0.6) is 0 Å². The SMILES string of the molecule is C[C@@H](O)CN(C)c1cccc(C#N)c1. The van der Waals surface area contributed by atoms with Crippen LogP contribution in [-0.2, 0) is 0 Å². The summed E-state index contributed by atoms with van der Waals surface area (Å²) in [6.07, 6.45) is -0.370. The van der Waals surface area contributed by atoms with E-state index in [1.54, 1.807) is 13.0 Å². The first-order chi connectivity index (χ1) is 6.63. The molecule has 0 radical (unpaired) electrons. The van der Waals surface area contributed by atoms with Gasteiger partial charge >= 0.3 is 0 Å². The highest BCUT2D eigenvalue weighted by Gasteiger charge is 2.04. The number of nitriles is 1. The molecule has 0 aliphatic carbocycles. The van der Waals surface area contributed by atoms with Gasteiger partial charge in [-0.05, 0) is 25.1 Å². The molecule has 0 aliphatic rings. The van der Waals surface area contributed by atoms with Crippen molar-refractivity contribution in [3.8, 4) is 6.07 Å². The molecule has 1 rings (SSSR count). The molecule has 74 valence electrons. The van der Waals surface area contributed by atoms with Gasteiger partial charge in [0.1, 0.15) is 0 Å². The van der Waals surface area contributed by atoms with Gasteiger partial charge < -0.3 is 10.0 Å². The Hall–Kier alpha value is -1.53. The van der Waals surface area contributed by atoms with Crippen LogP contribution >= 0.6 is 0 Å². The van der Waals surface area contributed by atoms with Crippen molar-refractivity contribution in [3.05, 3.63) is 29.8 Å². The number of aliphatic hydroxyl groups excluding tert-OH is 1. The van der Waals surface area contributed by atoms with E-state index >= 15 is 0 Å². The van der Waals surface area contributed by atoms with E-state index < -0.39 is 0 Å². The molecule has 0 bridgehead atoms. The van der Waals surface area contributed by atoms with Gasteiger partial charge in [0.25, 0.3) is 0 Å². The van der Waals surface area contributed by atoms with Crippen molar-refractivity contribution in [3.63, 3.8) is 0 Å². The van der Waals surface area contributed by atoms with Gasteiger partial charge in [-0.15, -0.1) is 0 Å². The highest BCUT2D eigenvalue weighted by Crippen LogP contribution is 2.14. The minimum absolute atomic E-state index is 0.370. The maximum Gasteiger partial charge on any atom is 0.0992 e. The summed E-state index contributed by atoms with van der Waals surface area (Å²) in [5.74, 6) is 0. The van der Waals surface area contributed by atoms with Gasteiger partial charge in [-0.2, -0.15) is 5.26 Å². The molecule has 0 fully saturated rings. The van der Waals surface area contributed by atoms with E-state index in [1.807, 2.05) is 30.1 Å². The third kappa shape index (κ3) is 2.75. The first kappa shape index (κ1) is 10.6.